The maximum atomic E-state index is 3.46. The third-order valence-corrected chi connectivity index (χ3v) is 3.66. The second kappa shape index (κ2) is 5.86. The molecule has 1 saturated heterocycles. The van der Waals surface area contributed by atoms with Crippen LogP contribution < -0.4 is 5.32 Å². The molecule has 1 rings (SSSR count). The summed E-state index contributed by atoms with van der Waals surface area (Å²) in [5.41, 5.74) is 0.493. The summed E-state index contributed by atoms with van der Waals surface area (Å²) in [5, 5.41) is 3.46. The molecular weight excluding hydrogens is 184 g/mol. The van der Waals surface area contributed by atoms with E-state index < -0.39 is 0 Å². The van der Waals surface area contributed by atoms with Crippen molar-refractivity contribution in [3.8, 4) is 0 Å². The van der Waals surface area contributed by atoms with Gasteiger partial charge in [0.2, 0.25) is 0 Å². The van der Waals surface area contributed by atoms with Crippen LogP contribution in [0, 0.1) is 11.3 Å². The molecule has 1 fully saturated rings. The Morgan fingerprint density at radius 1 is 1.33 bits per heavy atom. The van der Waals surface area contributed by atoms with Gasteiger partial charge in [-0.25, -0.2) is 0 Å². The summed E-state index contributed by atoms with van der Waals surface area (Å²) in [5.74, 6) is 0.887. The van der Waals surface area contributed by atoms with Crippen molar-refractivity contribution < 1.29 is 0 Å². The number of hydrogen-bond donors (Lipinski definition) is 1. The minimum absolute atomic E-state index is 0.493. The van der Waals surface area contributed by atoms with Crippen LogP contribution in [0.25, 0.3) is 0 Å². The third kappa shape index (κ3) is 4.52. The Balaban J connectivity index is 2.24. The summed E-state index contributed by atoms with van der Waals surface area (Å²) >= 11 is 0. The molecule has 0 amide bonds. The van der Waals surface area contributed by atoms with E-state index in [2.05, 4.69) is 37.9 Å². The number of hydrogen-bond acceptors (Lipinski definition) is 2. The molecule has 0 saturated carbocycles. The molecule has 2 heteroatoms. The van der Waals surface area contributed by atoms with Gasteiger partial charge in [-0.2, -0.15) is 0 Å². The zero-order valence-corrected chi connectivity index (χ0v) is 11.0. The second-order valence-corrected chi connectivity index (χ2v) is 5.72. The summed E-state index contributed by atoms with van der Waals surface area (Å²) < 4.78 is 0. The molecule has 1 atom stereocenters. The molecule has 2 nitrogen and oxygen atoms in total. The summed E-state index contributed by atoms with van der Waals surface area (Å²) in [4.78, 5) is 2.64. The first-order chi connectivity index (χ1) is 7.07. The lowest BCUT2D eigenvalue weighted by molar-refractivity contribution is 0.198. The maximum absolute atomic E-state index is 3.46. The molecule has 0 radical (unpaired) electrons. The molecule has 0 aliphatic carbocycles. The average molecular weight is 212 g/mol. The van der Waals surface area contributed by atoms with E-state index >= 15 is 0 Å². The highest BCUT2D eigenvalue weighted by Gasteiger charge is 2.26. The van der Waals surface area contributed by atoms with Crippen molar-refractivity contribution in [3.63, 3.8) is 0 Å². The van der Waals surface area contributed by atoms with Crippen molar-refractivity contribution in [2.45, 2.75) is 40.5 Å². The quantitative estimate of drug-likeness (QED) is 0.727. The van der Waals surface area contributed by atoms with Gasteiger partial charge >= 0.3 is 0 Å². The van der Waals surface area contributed by atoms with E-state index in [1.807, 2.05) is 0 Å². The van der Waals surface area contributed by atoms with Crippen molar-refractivity contribution in [1.82, 2.24) is 10.2 Å². The minimum Gasteiger partial charge on any atom is -0.317 e. The van der Waals surface area contributed by atoms with Gasteiger partial charge in [0, 0.05) is 13.1 Å². The van der Waals surface area contributed by atoms with E-state index in [0.29, 0.717) is 5.41 Å². The van der Waals surface area contributed by atoms with Crippen molar-refractivity contribution in [1.29, 1.82) is 0 Å². The molecule has 90 valence electrons. The zero-order valence-electron chi connectivity index (χ0n) is 11.0. The van der Waals surface area contributed by atoms with Crippen LogP contribution in [0.5, 0.6) is 0 Å². The molecule has 1 N–H and O–H groups in total. The summed E-state index contributed by atoms with van der Waals surface area (Å²) in [7, 11) is 0. The Bertz CT molecular complexity index is 177. The fourth-order valence-corrected chi connectivity index (χ4v) is 2.29. The fourth-order valence-electron chi connectivity index (χ4n) is 2.29. The molecule has 15 heavy (non-hydrogen) atoms. The van der Waals surface area contributed by atoms with Crippen LogP contribution in [0.3, 0.4) is 0 Å². The van der Waals surface area contributed by atoms with Crippen molar-refractivity contribution in [2.24, 2.45) is 11.3 Å². The normalized spacial score (nSPS) is 23.6. The van der Waals surface area contributed by atoms with Crippen LogP contribution in [-0.2, 0) is 0 Å². The first-order valence-electron chi connectivity index (χ1n) is 6.50. The molecule has 1 aliphatic rings. The molecule has 0 aromatic rings. The predicted octanol–water partition coefficient (Wildman–Crippen LogP) is 2.35. The largest absolute Gasteiger partial charge is 0.317 e. The van der Waals surface area contributed by atoms with E-state index in [9.17, 15) is 0 Å². The Labute approximate surface area is 95.4 Å². The van der Waals surface area contributed by atoms with Crippen LogP contribution in [0.2, 0.25) is 0 Å². The van der Waals surface area contributed by atoms with Crippen LogP contribution in [0.4, 0.5) is 0 Å². The van der Waals surface area contributed by atoms with Gasteiger partial charge in [-0.3, -0.25) is 0 Å². The van der Waals surface area contributed by atoms with Gasteiger partial charge < -0.3 is 10.2 Å². The summed E-state index contributed by atoms with van der Waals surface area (Å²) in [6.45, 7) is 15.4. The Morgan fingerprint density at radius 3 is 2.67 bits per heavy atom. The molecule has 1 unspecified atom stereocenters. The number of rotatable bonds is 6. The Hall–Kier alpha value is -0.0800. The lowest BCUT2D eigenvalue weighted by Crippen LogP contribution is -2.33. The zero-order chi connectivity index (χ0) is 11.3. The first kappa shape index (κ1) is 13.0. The molecule has 1 heterocycles. The first-order valence-corrected chi connectivity index (χ1v) is 6.50. The van der Waals surface area contributed by atoms with Crippen molar-refractivity contribution in [2.75, 3.05) is 32.7 Å². The molecule has 0 spiro atoms. The molecule has 0 aromatic heterocycles. The van der Waals surface area contributed by atoms with Crippen molar-refractivity contribution in [3.05, 3.63) is 0 Å². The average Bonchev–Trinajstić information content (AvgIpc) is 2.62. The number of likely N-dealkylation sites (tertiary alicyclic amines) is 1. The maximum Gasteiger partial charge on any atom is 0.00327 e. The van der Waals surface area contributed by atoms with E-state index in [4.69, 9.17) is 0 Å². The van der Waals surface area contributed by atoms with Crippen LogP contribution in [0.1, 0.15) is 40.5 Å². The molecule has 1 aliphatic heterocycles. The Kier molecular flexibility index (Phi) is 5.07. The van der Waals surface area contributed by atoms with Gasteiger partial charge in [0.1, 0.15) is 0 Å². The van der Waals surface area contributed by atoms with Gasteiger partial charge in [-0.1, -0.05) is 27.7 Å². The molecule has 0 aromatic carbocycles. The topological polar surface area (TPSA) is 15.3 Å². The SMILES string of the molecule is CCNCC1CCN(CC(C)(C)CC)C1. The van der Waals surface area contributed by atoms with Gasteiger partial charge in [-0.05, 0) is 43.8 Å². The summed E-state index contributed by atoms with van der Waals surface area (Å²) in [6, 6.07) is 0. The van der Waals surface area contributed by atoms with E-state index in [1.165, 1.54) is 39.0 Å². The number of nitrogens with one attached hydrogen (secondary N) is 1. The monoisotopic (exact) mass is 212 g/mol. The fraction of sp³-hybridized carbons (Fsp3) is 1.00. The highest BCUT2D eigenvalue weighted by Crippen LogP contribution is 2.25. The van der Waals surface area contributed by atoms with Gasteiger partial charge in [0.15, 0.2) is 0 Å². The predicted molar refractivity (Wildman–Crippen MR) is 67.2 cm³/mol. The second-order valence-electron chi connectivity index (χ2n) is 5.72. The lowest BCUT2D eigenvalue weighted by Gasteiger charge is -2.29. The smallest absolute Gasteiger partial charge is 0.00327 e. The number of nitrogens with zero attached hydrogens (tertiary/aromatic N) is 1. The van der Waals surface area contributed by atoms with Gasteiger partial charge in [0.25, 0.3) is 0 Å². The van der Waals surface area contributed by atoms with Gasteiger partial charge in [-0.15, -0.1) is 0 Å². The van der Waals surface area contributed by atoms with E-state index in [1.54, 1.807) is 0 Å². The highest BCUT2D eigenvalue weighted by molar-refractivity contribution is 4.81. The minimum atomic E-state index is 0.493. The van der Waals surface area contributed by atoms with E-state index in [0.717, 1.165) is 12.5 Å². The molecule has 0 bridgehead atoms. The summed E-state index contributed by atoms with van der Waals surface area (Å²) in [6.07, 6.45) is 2.66. The van der Waals surface area contributed by atoms with Crippen LogP contribution >= 0.6 is 0 Å². The Morgan fingerprint density at radius 2 is 2.07 bits per heavy atom. The standard InChI is InChI=1S/C13H28N2/c1-5-13(3,4)11-15-8-7-12(10-15)9-14-6-2/h12,14H,5-11H2,1-4H3. The third-order valence-electron chi connectivity index (χ3n) is 3.66. The highest BCUT2D eigenvalue weighted by atomic mass is 15.2. The van der Waals surface area contributed by atoms with E-state index in [-0.39, 0.29) is 0 Å². The van der Waals surface area contributed by atoms with Crippen LogP contribution in [-0.4, -0.2) is 37.6 Å². The molecular formula is C13H28N2. The van der Waals surface area contributed by atoms with Gasteiger partial charge in [0.05, 0.1) is 0 Å². The lowest BCUT2D eigenvalue weighted by atomic mass is 9.90. The van der Waals surface area contributed by atoms with Crippen molar-refractivity contribution >= 4 is 0 Å². The van der Waals surface area contributed by atoms with Crippen LogP contribution in [0.15, 0.2) is 0 Å².